The molecule has 1 saturated heterocycles. The predicted molar refractivity (Wildman–Crippen MR) is 123 cm³/mol. The molecule has 3 rings (SSSR count). The average molecular weight is 500 g/mol. The van der Waals surface area contributed by atoms with Gasteiger partial charge in [-0.05, 0) is 44.2 Å². The Labute approximate surface area is 198 Å². The van der Waals surface area contributed by atoms with Gasteiger partial charge in [-0.1, -0.05) is 29.4 Å². The molecular weight excluding hydrogens is 479 g/mol. The zero-order chi connectivity index (χ0) is 24.2. The Morgan fingerprint density at radius 2 is 2.03 bits per heavy atom. The summed E-state index contributed by atoms with van der Waals surface area (Å²) in [6.07, 6.45) is -4.71. The van der Waals surface area contributed by atoms with Gasteiger partial charge in [0.2, 0.25) is 11.8 Å². The normalized spacial score (nSPS) is 17.9. The maximum Gasteiger partial charge on any atom is 0.417 e. The molecule has 11 heteroatoms. The van der Waals surface area contributed by atoms with Gasteiger partial charge in [0.25, 0.3) is 0 Å². The molecule has 1 aliphatic heterocycles. The molecule has 0 bridgehead atoms. The molecule has 0 spiro atoms. The lowest BCUT2D eigenvalue weighted by atomic mass is 10.2. The SMILES string of the molecule is CCOc1cccc(NC(=O)C2CC(=O)N(CC)C(=Nc3ccc(Cl)c(C(F)(F)F)c3)S2)c1. The maximum absolute atomic E-state index is 13.2. The minimum Gasteiger partial charge on any atom is -0.494 e. The van der Waals surface area contributed by atoms with E-state index in [9.17, 15) is 22.8 Å². The van der Waals surface area contributed by atoms with Gasteiger partial charge in [0.15, 0.2) is 5.17 Å². The summed E-state index contributed by atoms with van der Waals surface area (Å²) < 4.78 is 45.0. The third kappa shape index (κ3) is 6.20. The molecule has 2 aromatic carbocycles. The van der Waals surface area contributed by atoms with Crippen molar-refractivity contribution in [2.45, 2.75) is 31.7 Å². The maximum atomic E-state index is 13.2. The van der Waals surface area contributed by atoms with Crippen molar-refractivity contribution in [3.8, 4) is 5.75 Å². The number of rotatable bonds is 6. The molecule has 0 aromatic heterocycles. The summed E-state index contributed by atoms with van der Waals surface area (Å²) in [5, 5.41) is 1.65. The Hall–Kier alpha value is -2.72. The zero-order valence-electron chi connectivity index (χ0n) is 17.8. The van der Waals surface area contributed by atoms with E-state index in [1.807, 2.05) is 6.92 Å². The minimum atomic E-state index is -4.65. The molecule has 176 valence electrons. The van der Waals surface area contributed by atoms with Crippen LogP contribution in [0, 0.1) is 0 Å². The fourth-order valence-corrected chi connectivity index (χ4v) is 4.50. The number of aliphatic imine (C=N–C) groups is 1. The van der Waals surface area contributed by atoms with Crippen LogP contribution < -0.4 is 10.1 Å². The molecule has 1 heterocycles. The Balaban J connectivity index is 1.85. The van der Waals surface area contributed by atoms with Crippen molar-refractivity contribution >= 4 is 51.7 Å². The molecular formula is C22H21ClF3N3O3S. The molecule has 0 radical (unpaired) electrons. The van der Waals surface area contributed by atoms with E-state index in [0.29, 0.717) is 18.0 Å². The number of hydrogen-bond donors (Lipinski definition) is 1. The summed E-state index contributed by atoms with van der Waals surface area (Å²) in [6.45, 7) is 4.29. The van der Waals surface area contributed by atoms with Crippen LogP contribution in [-0.2, 0) is 15.8 Å². The summed E-state index contributed by atoms with van der Waals surface area (Å²) in [6, 6.07) is 10.1. The molecule has 0 saturated carbocycles. The van der Waals surface area contributed by atoms with Gasteiger partial charge in [0.05, 0.1) is 22.9 Å². The summed E-state index contributed by atoms with van der Waals surface area (Å²) in [4.78, 5) is 31.1. The van der Waals surface area contributed by atoms with Crippen LogP contribution in [-0.4, -0.2) is 40.3 Å². The van der Waals surface area contributed by atoms with Crippen molar-refractivity contribution in [1.82, 2.24) is 4.90 Å². The van der Waals surface area contributed by atoms with Crippen molar-refractivity contribution < 1.29 is 27.5 Å². The Kier molecular flexibility index (Phi) is 7.91. The minimum absolute atomic E-state index is 0.0223. The van der Waals surface area contributed by atoms with Crippen LogP contribution in [0.2, 0.25) is 5.02 Å². The lowest BCUT2D eigenvalue weighted by Crippen LogP contribution is -2.45. The summed E-state index contributed by atoms with van der Waals surface area (Å²) >= 11 is 6.69. The topological polar surface area (TPSA) is 71.0 Å². The van der Waals surface area contributed by atoms with Crippen molar-refractivity contribution in [2.75, 3.05) is 18.5 Å². The van der Waals surface area contributed by atoms with E-state index in [2.05, 4.69) is 10.3 Å². The highest BCUT2D eigenvalue weighted by atomic mass is 35.5. The van der Waals surface area contributed by atoms with Gasteiger partial charge >= 0.3 is 6.18 Å². The van der Waals surface area contributed by atoms with E-state index < -0.39 is 27.9 Å². The number of thioether (sulfide) groups is 1. The van der Waals surface area contributed by atoms with E-state index in [-0.39, 0.29) is 29.7 Å². The number of alkyl halides is 3. The number of halogens is 4. The van der Waals surface area contributed by atoms with Crippen molar-refractivity contribution in [3.63, 3.8) is 0 Å². The van der Waals surface area contributed by atoms with Crippen LogP contribution in [0.3, 0.4) is 0 Å². The number of benzene rings is 2. The highest BCUT2D eigenvalue weighted by Crippen LogP contribution is 2.38. The van der Waals surface area contributed by atoms with E-state index in [1.165, 1.54) is 11.0 Å². The number of carbonyl (C=O) groups is 2. The van der Waals surface area contributed by atoms with Gasteiger partial charge in [0, 0.05) is 24.7 Å². The van der Waals surface area contributed by atoms with E-state index in [4.69, 9.17) is 16.3 Å². The number of nitrogens with zero attached hydrogens (tertiary/aromatic N) is 2. The van der Waals surface area contributed by atoms with Crippen molar-refractivity contribution in [2.24, 2.45) is 4.99 Å². The van der Waals surface area contributed by atoms with Crippen LogP contribution in [0.4, 0.5) is 24.5 Å². The van der Waals surface area contributed by atoms with Crippen LogP contribution >= 0.6 is 23.4 Å². The van der Waals surface area contributed by atoms with Crippen molar-refractivity contribution in [1.29, 1.82) is 0 Å². The second-order valence-electron chi connectivity index (χ2n) is 6.95. The first kappa shape index (κ1) is 24.9. The van der Waals surface area contributed by atoms with Gasteiger partial charge in [-0.25, -0.2) is 4.99 Å². The summed E-state index contributed by atoms with van der Waals surface area (Å²) in [5.41, 5.74) is -0.543. The summed E-state index contributed by atoms with van der Waals surface area (Å²) in [7, 11) is 0. The third-order valence-electron chi connectivity index (χ3n) is 4.64. The number of amidine groups is 1. The first-order chi connectivity index (χ1) is 15.6. The average Bonchev–Trinajstić information content (AvgIpc) is 2.74. The highest BCUT2D eigenvalue weighted by Gasteiger charge is 2.36. The van der Waals surface area contributed by atoms with Crippen LogP contribution in [0.25, 0.3) is 0 Å². The molecule has 1 atom stereocenters. The molecule has 2 aromatic rings. The molecule has 1 aliphatic rings. The first-order valence-corrected chi connectivity index (χ1v) is 11.3. The van der Waals surface area contributed by atoms with E-state index in [0.717, 1.165) is 23.9 Å². The Morgan fingerprint density at radius 3 is 2.70 bits per heavy atom. The number of anilines is 1. The zero-order valence-corrected chi connectivity index (χ0v) is 19.4. The lowest BCUT2D eigenvalue weighted by Gasteiger charge is -2.31. The smallest absolute Gasteiger partial charge is 0.417 e. The van der Waals surface area contributed by atoms with Crippen LogP contribution in [0.15, 0.2) is 47.5 Å². The molecule has 1 fully saturated rings. The van der Waals surface area contributed by atoms with Gasteiger partial charge in [-0.15, -0.1) is 0 Å². The van der Waals surface area contributed by atoms with Crippen LogP contribution in [0.5, 0.6) is 5.75 Å². The van der Waals surface area contributed by atoms with Gasteiger partial charge in [-0.3, -0.25) is 14.5 Å². The number of nitrogens with one attached hydrogen (secondary N) is 1. The first-order valence-electron chi connectivity index (χ1n) is 10.1. The van der Waals surface area contributed by atoms with E-state index >= 15 is 0 Å². The van der Waals surface area contributed by atoms with Crippen LogP contribution in [0.1, 0.15) is 25.8 Å². The lowest BCUT2D eigenvalue weighted by molar-refractivity contribution is -0.137. The summed E-state index contributed by atoms with van der Waals surface area (Å²) in [5.74, 6) is -0.175. The number of amides is 2. The fourth-order valence-electron chi connectivity index (χ4n) is 3.12. The fraction of sp³-hybridized carbons (Fsp3) is 0.318. The van der Waals surface area contributed by atoms with Gasteiger partial charge in [-0.2, -0.15) is 13.2 Å². The predicted octanol–water partition coefficient (Wildman–Crippen LogP) is 5.74. The molecule has 2 amide bonds. The molecule has 1 N–H and O–H groups in total. The largest absolute Gasteiger partial charge is 0.494 e. The molecule has 6 nitrogen and oxygen atoms in total. The monoisotopic (exact) mass is 499 g/mol. The number of carbonyl (C=O) groups excluding carboxylic acids is 2. The number of hydrogen-bond acceptors (Lipinski definition) is 5. The second kappa shape index (κ2) is 10.5. The highest BCUT2D eigenvalue weighted by molar-refractivity contribution is 8.15. The number of ether oxygens (including phenoxy) is 1. The van der Waals surface area contributed by atoms with E-state index in [1.54, 1.807) is 31.2 Å². The molecule has 33 heavy (non-hydrogen) atoms. The Morgan fingerprint density at radius 1 is 1.27 bits per heavy atom. The standard InChI is InChI=1S/C22H21ClF3N3O3S/c1-3-29-19(30)12-18(20(31)27-13-6-5-7-15(10-13)32-4-2)33-21(29)28-14-8-9-17(23)16(11-14)22(24,25)26/h5-11,18H,3-4,12H2,1-2H3,(H,27,31). The Bertz CT molecular complexity index is 1080. The molecule has 0 aliphatic carbocycles. The van der Waals surface area contributed by atoms with Gasteiger partial charge in [0.1, 0.15) is 11.0 Å². The second-order valence-corrected chi connectivity index (χ2v) is 8.53. The van der Waals surface area contributed by atoms with Gasteiger partial charge < -0.3 is 10.1 Å². The van der Waals surface area contributed by atoms with Crippen molar-refractivity contribution in [3.05, 3.63) is 53.1 Å². The quantitative estimate of drug-likeness (QED) is 0.550. The third-order valence-corrected chi connectivity index (χ3v) is 6.16. The molecule has 1 unspecified atom stereocenters.